The van der Waals surface area contributed by atoms with Crippen LogP contribution in [0.4, 0.5) is 0 Å². The molecule has 0 saturated carbocycles. The van der Waals surface area contributed by atoms with Gasteiger partial charge in [0.15, 0.2) is 0 Å². The third kappa shape index (κ3) is 3.68. The fourth-order valence-corrected chi connectivity index (χ4v) is 4.79. The van der Waals surface area contributed by atoms with Gasteiger partial charge in [0.05, 0.1) is 28.1 Å². The van der Waals surface area contributed by atoms with Gasteiger partial charge in [-0.25, -0.2) is 9.97 Å². The van der Waals surface area contributed by atoms with E-state index in [1.54, 1.807) is 6.20 Å². The molecule has 0 aliphatic heterocycles. The first kappa shape index (κ1) is 20.5. The summed E-state index contributed by atoms with van der Waals surface area (Å²) in [6.07, 6.45) is 1.80. The SMILES string of the molecule is c1ccc(-c2ccc3cc(-c4cccc(-c5ccc6cc7ccccc7cc6n5)c4)ccc3n2)nc1. The Morgan fingerprint density at radius 3 is 1.94 bits per heavy atom. The molecule has 3 aromatic heterocycles. The summed E-state index contributed by atoms with van der Waals surface area (Å²) in [5.41, 5.74) is 8.12. The van der Waals surface area contributed by atoms with Crippen molar-refractivity contribution in [2.75, 3.05) is 0 Å². The van der Waals surface area contributed by atoms with Gasteiger partial charge in [-0.15, -0.1) is 0 Å². The molecule has 7 rings (SSSR count). The molecular weight excluding hydrogens is 438 g/mol. The Bertz CT molecular complexity index is 1890. The molecule has 0 radical (unpaired) electrons. The molecule has 0 unspecified atom stereocenters. The number of hydrogen-bond acceptors (Lipinski definition) is 3. The molecule has 0 amide bonds. The van der Waals surface area contributed by atoms with Crippen molar-refractivity contribution in [1.82, 2.24) is 15.0 Å². The van der Waals surface area contributed by atoms with Crippen molar-refractivity contribution in [1.29, 1.82) is 0 Å². The Morgan fingerprint density at radius 1 is 0.361 bits per heavy atom. The molecule has 0 saturated heterocycles. The highest BCUT2D eigenvalue weighted by Crippen LogP contribution is 2.30. The monoisotopic (exact) mass is 459 g/mol. The second-order valence-corrected chi connectivity index (χ2v) is 8.99. The van der Waals surface area contributed by atoms with E-state index in [-0.39, 0.29) is 0 Å². The van der Waals surface area contributed by atoms with Gasteiger partial charge >= 0.3 is 0 Å². The largest absolute Gasteiger partial charge is 0.255 e. The molecule has 0 aliphatic carbocycles. The van der Waals surface area contributed by atoms with Gasteiger partial charge in [0, 0.05) is 22.5 Å². The zero-order valence-corrected chi connectivity index (χ0v) is 19.5. The Morgan fingerprint density at radius 2 is 1.08 bits per heavy atom. The first-order valence-electron chi connectivity index (χ1n) is 12.0. The van der Waals surface area contributed by atoms with Crippen LogP contribution in [-0.2, 0) is 0 Å². The van der Waals surface area contributed by atoms with E-state index in [1.165, 1.54) is 10.8 Å². The van der Waals surface area contributed by atoms with Crippen LogP contribution in [0.25, 0.3) is 66.4 Å². The minimum Gasteiger partial charge on any atom is -0.255 e. The summed E-state index contributed by atoms with van der Waals surface area (Å²) >= 11 is 0. The summed E-state index contributed by atoms with van der Waals surface area (Å²) in [5.74, 6) is 0. The Balaban J connectivity index is 1.26. The fourth-order valence-electron chi connectivity index (χ4n) is 4.79. The van der Waals surface area contributed by atoms with E-state index in [9.17, 15) is 0 Å². The van der Waals surface area contributed by atoms with Gasteiger partial charge in [-0.05, 0) is 76.5 Å². The van der Waals surface area contributed by atoms with Gasteiger partial charge in [-0.3, -0.25) is 4.98 Å². The van der Waals surface area contributed by atoms with E-state index in [4.69, 9.17) is 9.97 Å². The summed E-state index contributed by atoms with van der Waals surface area (Å²) in [4.78, 5) is 14.3. The number of nitrogens with zero attached hydrogens (tertiary/aromatic N) is 3. The number of hydrogen-bond donors (Lipinski definition) is 0. The fraction of sp³-hybridized carbons (Fsp3) is 0. The van der Waals surface area contributed by atoms with Crippen LogP contribution in [0, 0.1) is 0 Å². The minimum atomic E-state index is 0.882. The predicted octanol–water partition coefficient (Wildman–Crippen LogP) is 8.33. The first-order valence-corrected chi connectivity index (χ1v) is 12.0. The van der Waals surface area contributed by atoms with Crippen molar-refractivity contribution in [2.45, 2.75) is 0 Å². The molecule has 0 bridgehead atoms. The van der Waals surface area contributed by atoms with Crippen molar-refractivity contribution in [2.24, 2.45) is 0 Å². The quantitative estimate of drug-likeness (QED) is 0.249. The zero-order chi connectivity index (χ0) is 23.9. The van der Waals surface area contributed by atoms with Crippen LogP contribution in [0.2, 0.25) is 0 Å². The number of pyridine rings is 3. The molecule has 0 atom stereocenters. The molecule has 0 fully saturated rings. The van der Waals surface area contributed by atoms with Crippen LogP contribution in [-0.4, -0.2) is 15.0 Å². The number of benzene rings is 4. The van der Waals surface area contributed by atoms with Crippen molar-refractivity contribution < 1.29 is 0 Å². The van der Waals surface area contributed by atoms with Gasteiger partial charge in [-0.1, -0.05) is 66.7 Å². The minimum absolute atomic E-state index is 0.882. The van der Waals surface area contributed by atoms with Crippen LogP contribution >= 0.6 is 0 Å². The lowest BCUT2D eigenvalue weighted by atomic mass is 9.99. The van der Waals surface area contributed by atoms with E-state index in [2.05, 4.69) is 102 Å². The van der Waals surface area contributed by atoms with Gasteiger partial charge < -0.3 is 0 Å². The maximum atomic E-state index is 5.00. The highest BCUT2D eigenvalue weighted by Gasteiger charge is 2.08. The van der Waals surface area contributed by atoms with E-state index in [1.807, 2.05) is 24.3 Å². The van der Waals surface area contributed by atoms with Crippen molar-refractivity contribution >= 4 is 32.6 Å². The topological polar surface area (TPSA) is 38.7 Å². The van der Waals surface area contributed by atoms with Crippen LogP contribution in [0.15, 0.2) is 128 Å². The van der Waals surface area contributed by atoms with Gasteiger partial charge in [-0.2, -0.15) is 0 Å². The molecule has 3 heteroatoms. The predicted molar refractivity (Wildman–Crippen MR) is 149 cm³/mol. The normalized spacial score (nSPS) is 11.3. The van der Waals surface area contributed by atoms with Crippen molar-refractivity contribution in [3.05, 3.63) is 128 Å². The summed E-state index contributed by atoms with van der Waals surface area (Å²) < 4.78 is 0. The molecule has 3 heterocycles. The van der Waals surface area contributed by atoms with E-state index >= 15 is 0 Å². The van der Waals surface area contributed by atoms with Crippen LogP contribution in [0.1, 0.15) is 0 Å². The lowest BCUT2D eigenvalue weighted by Gasteiger charge is -2.09. The summed E-state index contributed by atoms with van der Waals surface area (Å²) in [5, 5.41) is 4.70. The standard InChI is InChI=1S/C33H21N3/c1-2-7-24-21-33-28(19-22(24)6-1)12-15-29(36-33)26-9-5-8-23(18-26)25-11-14-30-27(20-25)13-16-32(35-30)31-10-3-4-17-34-31/h1-21H. The molecule has 7 aromatic rings. The molecule has 4 aromatic carbocycles. The number of aromatic nitrogens is 3. The van der Waals surface area contributed by atoms with Gasteiger partial charge in [0.2, 0.25) is 0 Å². The Kier molecular flexibility index (Phi) is 4.78. The third-order valence-electron chi connectivity index (χ3n) is 6.66. The number of fused-ring (bicyclic) bond motifs is 3. The summed E-state index contributed by atoms with van der Waals surface area (Å²) in [7, 11) is 0. The molecule has 36 heavy (non-hydrogen) atoms. The maximum absolute atomic E-state index is 5.00. The first-order chi connectivity index (χ1) is 17.8. The maximum Gasteiger partial charge on any atom is 0.0893 e. The van der Waals surface area contributed by atoms with Crippen LogP contribution < -0.4 is 0 Å². The van der Waals surface area contributed by atoms with Crippen molar-refractivity contribution in [3.63, 3.8) is 0 Å². The zero-order valence-electron chi connectivity index (χ0n) is 19.5. The van der Waals surface area contributed by atoms with E-state index < -0.39 is 0 Å². The van der Waals surface area contributed by atoms with Gasteiger partial charge in [0.1, 0.15) is 0 Å². The average Bonchev–Trinajstić information content (AvgIpc) is 2.96. The smallest absolute Gasteiger partial charge is 0.0893 e. The molecular formula is C33H21N3. The lowest BCUT2D eigenvalue weighted by molar-refractivity contribution is 1.28. The Labute approximate surface area is 208 Å². The molecule has 0 aliphatic rings. The van der Waals surface area contributed by atoms with Crippen LogP contribution in [0.3, 0.4) is 0 Å². The number of rotatable bonds is 3. The summed E-state index contributed by atoms with van der Waals surface area (Å²) in [6, 6.07) is 42.1. The van der Waals surface area contributed by atoms with Gasteiger partial charge in [0.25, 0.3) is 0 Å². The molecule has 0 spiro atoms. The molecule has 3 nitrogen and oxygen atoms in total. The molecule has 0 N–H and O–H groups in total. The van der Waals surface area contributed by atoms with E-state index in [0.29, 0.717) is 0 Å². The highest BCUT2D eigenvalue weighted by atomic mass is 14.8. The van der Waals surface area contributed by atoms with E-state index in [0.717, 1.165) is 55.6 Å². The third-order valence-corrected chi connectivity index (χ3v) is 6.66. The van der Waals surface area contributed by atoms with Crippen LogP contribution in [0.5, 0.6) is 0 Å². The average molecular weight is 460 g/mol. The molecule has 168 valence electrons. The second kappa shape index (κ2) is 8.40. The second-order valence-electron chi connectivity index (χ2n) is 8.99. The van der Waals surface area contributed by atoms with Crippen molar-refractivity contribution in [3.8, 4) is 33.8 Å². The Hall–Kier alpha value is -4.89. The summed E-state index contributed by atoms with van der Waals surface area (Å²) in [6.45, 7) is 0. The lowest BCUT2D eigenvalue weighted by Crippen LogP contribution is -1.89. The highest BCUT2D eigenvalue weighted by molar-refractivity contribution is 5.97.